The third-order valence-corrected chi connectivity index (χ3v) is 3.77. The summed E-state index contributed by atoms with van der Waals surface area (Å²) in [5.41, 5.74) is 0.961. The highest BCUT2D eigenvalue weighted by atomic mass is 35.5. The Morgan fingerprint density at radius 3 is 2.50 bits per heavy atom. The van der Waals surface area contributed by atoms with E-state index in [-0.39, 0.29) is 5.75 Å². The first-order chi connectivity index (χ1) is 11.4. The molecule has 0 saturated heterocycles. The molecule has 2 aromatic rings. The standard InChI is InChI=1S/C16H14Cl2N2O4/c1-20(11-6-7-13(17)14(18)9-11)16(22)24-12-5-3-4-10(8-12)19-15(21)23-2/h3-9H,1-2H3,(H,19,21). The molecule has 8 heteroatoms. The van der Waals surface area contributed by atoms with Crippen molar-refractivity contribution in [3.05, 3.63) is 52.5 Å². The van der Waals surface area contributed by atoms with Crippen LogP contribution in [0.25, 0.3) is 0 Å². The van der Waals surface area contributed by atoms with Crippen molar-refractivity contribution in [3.63, 3.8) is 0 Å². The molecule has 0 aliphatic carbocycles. The van der Waals surface area contributed by atoms with E-state index >= 15 is 0 Å². The molecule has 24 heavy (non-hydrogen) atoms. The van der Waals surface area contributed by atoms with E-state index in [4.69, 9.17) is 27.9 Å². The number of carbonyl (C=O) groups excluding carboxylic acids is 2. The fraction of sp³-hybridized carbons (Fsp3) is 0.125. The third-order valence-electron chi connectivity index (χ3n) is 3.04. The summed E-state index contributed by atoms with van der Waals surface area (Å²) in [5.74, 6) is 0.265. The molecule has 0 unspecified atom stereocenters. The van der Waals surface area contributed by atoms with E-state index in [1.807, 2.05) is 0 Å². The van der Waals surface area contributed by atoms with Crippen LogP contribution >= 0.6 is 23.2 Å². The molecule has 126 valence electrons. The number of hydrogen-bond donors (Lipinski definition) is 1. The maximum absolute atomic E-state index is 12.2. The van der Waals surface area contributed by atoms with Gasteiger partial charge in [-0.25, -0.2) is 9.59 Å². The first-order valence-electron chi connectivity index (χ1n) is 6.76. The van der Waals surface area contributed by atoms with Gasteiger partial charge in [0.1, 0.15) is 5.75 Å². The molecule has 2 aromatic carbocycles. The Labute approximate surface area is 148 Å². The molecule has 0 heterocycles. The lowest BCUT2D eigenvalue weighted by Gasteiger charge is -2.17. The van der Waals surface area contributed by atoms with Gasteiger partial charge in [-0.1, -0.05) is 29.3 Å². The Balaban J connectivity index is 2.09. The van der Waals surface area contributed by atoms with E-state index < -0.39 is 12.2 Å². The number of methoxy groups -OCH3 is 1. The fourth-order valence-corrected chi connectivity index (χ4v) is 2.07. The molecule has 0 bridgehead atoms. The SMILES string of the molecule is COC(=O)Nc1cccc(OC(=O)N(C)c2ccc(Cl)c(Cl)c2)c1. The average Bonchev–Trinajstić information content (AvgIpc) is 2.56. The van der Waals surface area contributed by atoms with Gasteiger partial charge < -0.3 is 9.47 Å². The number of nitrogens with one attached hydrogen (secondary N) is 1. The molecule has 0 aliphatic heterocycles. The highest BCUT2D eigenvalue weighted by Crippen LogP contribution is 2.27. The van der Waals surface area contributed by atoms with Gasteiger partial charge in [0.15, 0.2) is 0 Å². The van der Waals surface area contributed by atoms with E-state index in [1.54, 1.807) is 43.4 Å². The first kappa shape index (κ1) is 17.9. The van der Waals surface area contributed by atoms with Crippen molar-refractivity contribution in [1.29, 1.82) is 0 Å². The van der Waals surface area contributed by atoms with Crippen LogP contribution in [0, 0.1) is 0 Å². The van der Waals surface area contributed by atoms with Crippen molar-refractivity contribution >= 4 is 46.8 Å². The average molecular weight is 369 g/mol. The summed E-state index contributed by atoms with van der Waals surface area (Å²) >= 11 is 11.8. The van der Waals surface area contributed by atoms with E-state index in [1.165, 1.54) is 18.1 Å². The van der Waals surface area contributed by atoms with Gasteiger partial charge in [0.2, 0.25) is 0 Å². The highest BCUT2D eigenvalue weighted by Gasteiger charge is 2.15. The molecule has 0 aliphatic rings. The summed E-state index contributed by atoms with van der Waals surface area (Å²) in [7, 11) is 2.80. The number of hydrogen-bond acceptors (Lipinski definition) is 4. The van der Waals surface area contributed by atoms with Gasteiger partial charge in [-0.15, -0.1) is 0 Å². The highest BCUT2D eigenvalue weighted by molar-refractivity contribution is 6.42. The smallest absolute Gasteiger partial charge is 0.419 e. The monoisotopic (exact) mass is 368 g/mol. The minimum atomic E-state index is -0.622. The number of halogens is 2. The molecule has 2 amide bonds. The Bertz CT molecular complexity index is 767. The second-order valence-electron chi connectivity index (χ2n) is 4.67. The minimum Gasteiger partial charge on any atom is -0.453 e. The van der Waals surface area contributed by atoms with Crippen LogP contribution in [0.2, 0.25) is 10.0 Å². The topological polar surface area (TPSA) is 67.9 Å². The molecule has 0 fully saturated rings. The summed E-state index contributed by atoms with van der Waals surface area (Å²) in [6.45, 7) is 0. The molecule has 0 saturated carbocycles. The van der Waals surface area contributed by atoms with Gasteiger partial charge in [0.25, 0.3) is 0 Å². The number of amides is 2. The number of ether oxygens (including phenoxy) is 2. The van der Waals surface area contributed by atoms with Gasteiger partial charge in [0, 0.05) is 24.5 Å². The summed E-state index contributed by atoms with van der Waals surface area (Å²) in [6, 6.07) is 11.1. The Hall–Kier alpha value is -2.44. The molecule has 1 N–H and O–H groups in total. The van der Waals surface area contributed by atoms with Gasteiger partial charge in [-0.05, 0) is 30.3 Å². The second kappa shape index (κ2) is 7.90. The van der Waals surface area contributed by atoms with Gasteiger partial charge in [-0.2, -0.15) is 0 Å². The summed E-state index contributed by atoms with van der Waals surface area (Å²) in [4.78, 5) is 24.7. The van der Waals surface area contributed by atoms with Crippen LogP contribution in [0.5, 0.6) is 5.75 Å². The van der Waals surface area contributed by atoms with Crippen LogP contribution in [0.4, 0.5) is 21.0 Å². The number of rotatable bonds is 3. The van der Waals surface area contributed by atoms with Crippen molar-refractivity contribution in [2.45, 2.75) is 0 Å². The summed E-state index contributed by atoms with van der Waals surface area (Å²) < 4.78 is 9.78. The molecule has 0 atom stereocenters. The molecule has 2 rings (SSSR count). The van der Waals surface area contributed by atoms with Crippen molar-refractivity contribution in [3.8, 4) is 5.75 Å². The molecular weight excluding hydrogens is 355 g/mol. The first-order valence-corrected chi connectivity index (χ1v) is 7.52. The summed E-state index contributed by atoms with van der Waals surface area (Å²) in [6.07, 6.45) is -1.24. The lowest BCUT2D eigenvalue weighted by Crippen LogP contribution is -2.29. The number of nitrogens with zero attached hydrogens (tertiary/aromatic N) is 1. The molecule has 0 aromatic heterocycles. The number of anilines is 2. The van der Waals surface area contributed by atoms with Crippen LogP contribution in [-0.2, 0) is 4.74 Å². The van der Waals surface area contributed by atoms with Crippen LogP contribution in [0.15, 0.2) is 42.5 Å². The zero-order chi connectivity index (χ0) is 17.7. The Morgan fingerprint density at radius 1 is 1.08 bits per heavy atom. The summed E-state index contributed by atoms with van der Waals surface area (Å²) in [5, 5.41) is 3.21. The largest absolute Gasteiger partial charge is 0.453 e. The third kappa shape index (κ3) is 4.53. The van der Waals surface area contributed by atoms with Crippen molar-refractivity contribution in [1.82, 2.24) is 0 Å². The molecule has 0 radical (unpaired) electrons. The molecular formula is C16H14Cl2N2O4. The minimum absolute atomic E-state index is 0.265. The normalized spacial score (nSPS) is 10.0. The van der Waals surface area contributed by atoms with E-state index in [9.17, 15) is 9.59 Å². The number of carbonyl (C=O) groups is 2. The molecule has 0 spiro atoms. The number of benzene rings is 2. The maximum atomic E-state index is 12.2. The van der Waals surface area contributed by atoms with Gasteiger partial charge in [0.05, 0.1) is 17.2 Å². The lowest BCUT2D eigenvalue weighted by molar-refractivity contribution is 0.187. The zero-order valence-corrected chi connectivity index (χ0v) is 14.4. The van der Waals surface area contributed by atoms with Crippen LogP contribution in [-0.4, -0.2) is 26.3 Å². The lowest BCUT2D eigenvalue weighted by atomic mass is 10.3. The van der Waals surface area contributed by atoms with E-state index in [2.05, 4.69) is 10.1 Å². The van der Waals surface area contributed by atoms with Crippen molar-refractivity contribution in [2.75, 3.05) is 24.4 Å². The van der Waals surface area contributed by atoms with E-state index in [0.717, 1.165) is 0 Å². The maximum Gasteiger partial charge on any atom is 0.419 e. The fourth-order valence-electron chi connectivity index (χ4n) is 1.77. The Kier molecular flexibility index (Phi) is 5.89. The Morgan fingerprint density at radius 2 is 1.83 bits per heavy atom. The van der Waals surface area contributed by atoms with Gasteiger partial charge >= 0.3 is 12.2 Å². The van der Waals surface area contributed by atoms with Crippen molar-refractivity contribution < 1.29 is 19.1 Å². The second-order valence-corrected chi connectivity index (χ2v) is 5.48. The van der Waals surface area contributed by atoms with Crippen LogP contribution in [0.1, 0.15) is 0 Å². The van der Waals surface area contributed by atoms with Crippen molar-refractivity contribution in [2.24, 2.45) is 0 Å². The predicted octanol–water partition coefficient (Wildman–Crippen LogP) is 4.81. The quantitative estimate of drug-likeness (QED) is 0.843. The predicted molar refractivity (Wildman–Crippen MR) is 93.4 cm³/mol. The van der Waals surface area contributed by atoms with E-state index in [0.29, 0.717) is 21.4 Å². The molecule has 6 nitrogen and oxygen atoms in total. The zero-order valence-electron chi connectivity index (χ0n) is 12.9. The van der Waals surface area contributed by atoms with Crippen LogP contribution in [0.3, 0.4) is 0 Å². The van der Waals surface area contributed by atoms with Crippen LogP contribution < -0.4 is 15.0 Å². The van der Waals surface area contributed by atoms with Gasteiger partial charge in [-0.3, -0.25) is 10.2 Å².